The van der Waals surface area contributed by atoms with Crippen LogP contribution in [0.25, 0.3) is 0 Å². The molecule has 1 fully saturated rings. The molecule has 7 heteroatoms. The molecule has 0 spiro atoms. The first-order valence-corrected chi connectivity index (χ1v) is 9.69. The van der Waals surface area contributed by atoms with E-state index in [1.54, 1.807) is 6.20 Å². The molecule has 7 nitrogen and oxygen atoms in total. The van der Waals surface area contributed by atoms with Crippen molar-refractivity contribution in [2.45, 2.75) is 26.7 Å². The normalized spacial score (nSPS) is 14.4. The molecule has 0 aliphatic carbocycles. The highest BCUT2D eigenvalue weighted by Gasteiger charge is 2.18. The number of rotatable bonds is 4. The summed E-state index contributed by atoms with van der Waals surface area (Å²) in [6.07, 6.45) is 3.13. The first-order chi connectivity index (χ1) is 13.6. The molecule has 1 saturated heterocycles. The molecule has 1 aliphatic rings. The zero-order chi connectivity index (χ0) is 19.9. The van der Waals surface area contributed by atoms with Crippen LogP contribution in [0.5, 0.6) is 0 Å². The van der Waals surface area contributed by atoms with Crippen molar-refractivity contribution in [2.75, 3.05) is 41.7 Å². The molecule has 2 N–H and O–H groups in total. The first-order valence-electron chi connectivity index (χ1n) is 9.69. The third kappa shape index (κ3) is 5.00. The van der Waals surface area contributed by atoms with Crippen molar-refractivity contribution in [3.05, 3.63) is 48.2 Å². The summed E-state index contributed by atoms with van der Waals surface area (Å²) in [6, 6.07) is 11.1. The Labute approximate surface area is 165 Å². The summed E-state index contributed by atoms with van der Waals surface area (Å²) in [6.45, 7) is 6.98. The Hall–Kier alpha value is -3.09. The van der Waals surface area contributed by atoms with E-state index < -0.39 is 0 Å². The standard InChI is InChI=1S/C21H27N5O2/c1-3-20(27)26-12-6-11-25(13-14-26)19-10-9-17(15-22-19)23-21(28)24-18-8-5-4-7-16(18)2/h4-5,7-10,15H,3,6,11-14H2,1-2H3,(H2,23,24,28). The molecule has 148 valence electrons. The van der Waals surface area contributed by atoms with Crippen molar-refractivity contribution in [2.24, 2.45) is 0 Å². The van der Waals surface area contributed by atoms with Gasteiger partial charge >= 0.3 is 6.03 Å². The molecule has 3 amide bonds. The fourth-order valence-corrected chi connectivity index (χ4v) is 3.26. The lowest BCUT2D eigenvalue weighted by molar-refractivity contribution is -0.130. The number of benzene rings is 1. The highest BCUT2D eigenvalue weighted by atomic mass is 16.2. The Balaban J connectivity index is 1.57. The maximum atomic E-state index is 12.2. The van der Waals surface area contributed by atoms with Crippen LogP contribution in [0.2, 0.25) is 0 Å². The van der Waals surface area contributed by atoms with Crippen LogP contribution in [0.4, 0.5) is 22.0 Å². The SMILES string of the molecule is CCC(=O)N1CCCN(c2ccc(NC(=O)Nc3ccccc3C)cn2)CC1. The zero-order valence-corrected chi connectivity index (χ0v) is 16.4. The van der Waals surface area contributed by atoms with Gasteiger partial charge in [-0.2, -0.15) is 0 Å². The third-order valence-corrected chi connectivity index (χ3v) is 4.87. The van der Waals surface area contributed by atoms with E-state index in [1.165, 1.54) is 0 Å². The van der Waals surface area contributed by atoms with E-state index in [-0.39, 0.29) is 11.9 Å². The predicted molar refractivity (Wildman–Crippen MR) is 112 cm³/mol. The number of nitrogens with zero attached hydrogens (tertiary/aromatic N) is 3. The average molecular weight is 381 g/mol. The number of hydrogen-bond donors (Lipinski definition) is 2. The number of pyridine rings is 1. The van der Waals surface area contributed by atoms with E-state index in [1.807, 2.05) is 55.1 Å². The Kier molecular flexibility index (Phi) is 6.47. The van der Waals surface area contributed by atoms with Crippen LogP contribution < -0.4 is 15.5 Å². The lowest BCUT2D eigenvalue weighted by Crippen LogP contribution is -2.34. The molecule has 1 aliphatic heterocycles. The van der Waals surface area contributed by atoms with Crippen molar-refractivity contribution >= 4 is 29.1 Å². The van der Waals surface area contributed by atoms with Gasteiger partial charge in [0.15, 0.2) is 0 Å². The summed E-state index contributed by atoms with van der Waals surface area (Å²) in [5.41, 5.74) is 2.41. The second kappa shape index (κ2) is 9.21. The van der Waals surface area contributed by atoms with Crippen molar-refractivity contribution in [3.63, 3.8) is 0 Å². The molecule has 0 bridgehead atoms. The van der Waals surface area contributed by atoms with Crippen LogP contribution in [0.15, 0.2) is 42.6 Å². The van der Waals surface area contributed by atoms with E-state index in [4.69, 9.17) is 0 Å². The van der Waals surface area contributed by atoms with Gasteiger partial charge in [-0.15, -0.1) is 0 Å². The van der Waals surface area contributed by atoms with E-state index in [2.05, 4.69) is 20.5 Å². The molecule has 2 heterocycles. The Morgan fingerprint density at radius 2 is 1.86 bits per heavy atom. The summed E-state index contributed by atoms with van der Waals surface area (Å²) in [7, 11) is 0. The van der Waals surface area contributed by atoms with E-state index >= 15 is 0 Å². The molecule has 1 aromatic heterocycles. The molecule has 28 heavy (non-hydrogen) atoms. The van der Waals surface area contributed by atoms with Crippen molar-refractivity contribution in [3.8, 4) is 0 Å². The quantitative estimate of drug-likeness (QED) is 0.850. The summed E-state index contributed by atoms with van der Waals surface area (Å²) < 4.78 is 0. The number of aryl methyl sites for hydroxylation is 1. The minimum absolute atomic E-state index is 0.203. The smallest absolute Gasteiger partial charge is 0.323 e. The number of carbonyl (C=O) groups excluding carboxylic acids is 2. The van der Waals surface area contributed by atoms with Crippen LogP contribution in [-0.2, 0) is 4.79 Å². The van der Waals surface area contributed by atoms with E-state index in [9.17, 15) is 9.59 Å². The molecule has 3 rings (SSSR count). The number of hydrogen-bond acceptors (Lipinski definition) is 4. The molecule has 1 aromatic carbocycles. The van der Waals surface area contributed by atoms with Crippen LogP contribution in [0.1, 0.15) is 25.3 Å². The average Bonchev–Trinajstić information content (AvgIpc) is 2.96. The molecule has 0 radical (unpaired) electrons. The van der Waals surface area contributed by atoms with Crippen LogP contribution in [0.3, 0.4) is 0 Å². The minimum Gasteiger partial charge on any atom is -0.355 e. The van der Waals surface area contributed by atoms with E-state index in [0.29, 0.717) is 18.7 Å². The molecular weight excluding hydrogens is 354 g/mol. The molecule has 0 atom stereocenters. The second-order valence-corrected chi connectivity index (χ2v) is 6.87. The van der Waals surface area contributed by atoms with Crippen LogP contribution in [-0.4, -0.2) is 48.0 Å². The zero-order valence-electron chi connectivity index (χ0n) is 16.4. The number of anilines is 3. The molecule has 0 saturated carbocycles. The van der Waals surface area contributed by atoms with Gasteiger partial charge < -0.3 is 20.4 Å². The van der Waals surface area contributed by atoms with Gasteiger partial charge in [0.05, 0.1) is 11.9 Å². The molecule has 2 aromatic rings. The lowest BCUT2D eigenvalue weighted by atomic mass is 10.2. The van der Waals surface area contributed by atoms with Gasteiger partial charge in [0, 0.05) is 38.3 Å². The summed E-state index contributed by atoms with van der Waals surface area (Å²) >= 11 is 0. The Morgan fingerprint density at radius 3 is 2.57 bits per heavy atom. The second-order valence-electron chi connectivity index (χ2n) is 6.87. The van der Waals surface area contributed by atoms with Gasteiger partial charge in [-0.05, 0) is 37.1 Å². The van der Waals surface area contributed by atoms with E-state index in [0.717, 1.165) is 43.1 Å². The lowest BCUT2D eigenvalue weighted by Gasteiger charge is -2.22. The number of carbonyl (C=O) groups is 2. The maximum Gasteiger partial charge on any atom is 0.323 e. The summed E-state index contributed by atoms with van der Waals surface area (Å²) in [4.78, 5) is 32.7. The number of para-hydroxylation sites is 1. The van der Waals surface area contributed by atoms with Crippen molar-refractivity contribution in [1.82, 2.24) is 9.88 Å². The number of aromatic nitrogens is 1. The van der Waals surface area contributed by atoms with Crippen molar-refractivity contribution in [1.29, 1.82) is 0 Å². The van der Waals surface area contributed by atoms with Gasteiger partial charge in [-0.3, -0.25) is 4.79 Å². The highest BCUT2D eigenvalue weighted by Crippen LogP contribution is 2.18. The number of amides is 3. The van der Waals surface area contributed by atoms with Crippen molar-refractivity contribution < 1.29 is 9.59 Å². The first kappa shape index (κ1) is 19.7. The fourth-order valence-electron chi connectivity index (χ4n) is 3.26. The van der Waals surface area contributed by atoms with Crippen LogP contribution >= 0.6 is 0 Å². The largest absolute Gasteiger partial charge is 0.355 e. The van der Waals surface area contributed by atoms with Gasteiger partial charge in [-0.1, -0.05) is 25.1 Å². The van der Waals surface area contributed by atoms with Gasteiger partial charge in [0.2, 0.25) is 5.91 Å². The van der Waals surface area contributed by atoms with Gasteiger partial charge in [0.1, 0.15) is 5.82 Å². The summed E-state index contributed by atoms with van der Waals surface area (Å²) in [5.74, 6) is 1.06. The van der Waals surface area contributed by atoms with Gasteiger partial charge in [-0.25, -0.2) is 9.78 Å². The summed E-state index contributed by atoms with van der Waals surface area (Å²) in [5, 5.41) is 5.65. The third-order valence-electron chi connectivity index (χ3n) is 4.87. The number of urea groups is 1. The topological polar surface area (TPSA) is 77.6 Å². The fraction of sp³-hybridized carbons (Fsp3) is 0.381. The molecular formula is C21H27N5O2. The maximum absolute atomic E-state index is 12.2. The Morgan fingerprint density at radius 1 is 1.04 bits per heavy atom. The minimum atomic E-state index is -0.299. The number of nitrogens with one attached hydrogen (secondary N) is 2. The Bertz CT molecular complexity index is 822. The molecule has 0 unspecified atom stereocenters. The highest BCUT2D eigenvalue weighted by molar-refractivity contribution is 6.00. The monoisotopic (exact) mass is 381 g/mol. The van der Waals surface area contributed by atoms with Crippen LogP contribution in [0, 0.1) is 6.92 Å². The predicted octanol–water partition coefficient (Wildman–Crippen LogP) is 3.48. The van der Waals surface area contributed by atoms with Gasteiger partial charge in [0.25, 0.3) is 0 Å².